The Bertz CT molecular complexity index is 1380. The van der Waals surface area contributed by atoms with Gasteiger partial charge in [-0.1, -0.05) is 30.3 Å². The zero-order chi connectivity index (χ0) is 25.7. The molecule has 0 fully saturated rings. The lowest BCUT2D eigenvalue weighted by Gasteiger charge is -2.14. The average molecular weight is 488 g/mol. The van der Waals surface area contributed by atoms with Gasteiger partial charge in [0.1, 0.15) is 11.3 Å². The fraction of sp³-hybridized carbons (Fsp3) is 0.207. The number of amides is 1. The van der Waals surface area contributed by atoms with Gasteiger partial charge in [-0.25, -0.2) is 0 Å². The van der Waals surface area contributed by atoms with E-state index >= 15 is 0 Å². The Labute approximate surface area is 210 Å². The summed E-state index contributed by atoms with van der Waals surface area (Å²) in [4.78, 5) is 13.0. The Morgan fingerprint density at radius 2 is 1.64 bits per heavy atom. The van der Waals surface area contributed by atoms with Crippen molar-refractivity contribution in [1.29, 1.82) is 0 Å². The van der Waals surface area contributed by atoms with Gasteiger partial charge in [0, 0.05) is 46.5 Å². The zero-order valence-corrected chi connectivity index (χ0v) is 21.0. The predicted molar refractivity (Wildman–Crippen MR) is 141 cm³/mol. The Kier molecular flexibility index (Phi) is 7.49. The number of furan rings is 1. The van der Waals surface area contributed by atoms with Crippen LogP contribution in [-0.4, -0.2) is 33.8 Å². The van der Waals surface area contributed by atoms with E-state index in [4.69, 9.17) is 23.4 Å². The number of methoxy groups -OCH3 is 3. The van der Waals surface area contributed by atoms with E-state index in [0.717, 1.165) is 33.2 Å². The van der Waals surface area contributed by atoms with Crippen molar-refractivity contribution in [3.8, 4) is 34.1 Å². The molecule has 4 aromatic rings. The van der Waals surface area contributed by atoms with Crippen molar-refractivity contribution in [3.05, 3.63) is 72.5 Å². The topological polar surface area (TPSA) is 79.2 Å². The Hall–Kier alpha value is -4.39. The van der Waals surface area contributed by atoms with E-state index in [2.05, 4.69) is 5.32 Å². The summed E-state index contributed by atoms with van der Waals surface area (Å²) in [7, 11) is 4.58. The first kappa shape index (κ1) is 24.7. The van der Waals surface area contributed by atoms with Crippen LogP contribution in [0, 0.1) is 0 Å². The highest BCUT2D eigenvalue weighted by Gasteiger charge is 2.17. The molecule has 0 atom stereocenters. The third-order valence-electron chi connectivity index (χ3n) is 5.77. The maximum Gasteiger partial charge on any atom is 0.248 e. The van der Waals surface area contributed by atoms with Crippen molar-refractivity contribution < 1.29 is 28.2 Å². The number of carbonyl (C=O) groups excluding carboxylic acids is 1. The minimum absolute atomic E-state index is 0.306. The van der Waals surface area contributed by atoms with Crippen LogP contribution in [0.1, 0.15) is 19.4 Å². The largest absolute Gasteiger partial charge is 0.493 e. The molecule has 1 aromatic heterocycles. The maximum atomic E-state index is 13.0. The van der Waals surface area contributed by atoms with Crippen LogP contribution < -0.4 is 24.3 Å². The first-order chi connectivity index (χ1) is 17.5. The smallest absolute Gasteiger partial charge is 0.248 e. The molecule has 0 aliphatic rings. The molecule has 0 bridgehead atoms. The molecule has 0 aliphatic heterocycles. The van der Waals surface area contributed by atoms with Crippen LogP contribution in [0.2, 0.25) is 0 Å². The van der Waals surface area contributed by atoms with Crippen LogP contribution in [0.5, 0.6) is 23.0 Å². The quantitative estimate of drug-likeness (QED) is 0.269. The van der Waals surface area contributed by atoms with Crippen molar-refractivity contribution in [2.24, 2.45) is 0 Å². The first-order valence-electron chi connectivity index (χ1n) is 11.5. The molecule has 7 heteroatoms. The van der Waals surface area contributed by atoms with Crippen molar-refractivity contribution in [2.45, 2.75) is 13.8 Å². The van der Waals surface area contributed by atoms with E-state index in [9.17, 15) is 4.79 Å². The number of hydrogen-bond donors (Lipinski definition) is 1. The van der Waals surface area contributed by atoms with Crippen LogP contribution in [0.4, 0.5) is 5.69 Å². The third-order valence-corrected chi connectivity index (χ3v) is 5.77. The number of allylic oxidation sites excluding steroid dienone is 1. The molecule has 0 saturated carbocycles. The zero-order valence-electron chi connectivity index (χ0n) is 21.0. The SMILES string of the molecule is CCOc1cc2occ(-c3ccccc3)c2cc1/C(C)=C/C(=O)Nc1cc(OC)c(OC)c(OC)c1. The van der Waals surface area contributed by atoms with Crippen molar-refractivity contribution in [2.75, 3.05) is 33.3 Å². The summed E-state index contributed by atoms with van der Waals surface area (Å²) in [6, 6.07) is 17.3. The summed E-state index contributed by atoms with van der Waals surface area (Å²) in [5.41, 5.74) is 4.81. The van der Waals surface area contributed by atoms with E-state index in [0.29, 0.717) is 35.3 Å². The molecule has 3 aromatic carbocycles. The van der Waals surface area contributed by atoms with Gasteiger partial charge in [-0.2, -0.15) is 0 Å². The molecule has 0 radical (unpaired) electrons. The number of fused-ring (bicyclic) bond motifs is 1. The molecule has 0 spiro atoms. The lowest BCUT2D eigenvalue weighted by molar-refractivity contribution is -0.111. The van der Waals surface area contributed by atoms with Crippen molar-refractivity contribution in [3.63, 3.8) is 0 Å². The molecule has 1 amide bonds. The fourth-order valence-electron chi connectivity index (χ4n) is 4.09. The molecule has 4 rings (SSSR count). The molecule has 36 heavy (non-hydrogen) atoms. The first-order valence-corrected chi connectivity index (χ1v) is 11.5. The summed E-state index contributed by atoms with van der Waals surface area (Å²) in [6.45, 7) is 4.28. The molecular formula is C29H29NO6. The summed E-state index contributed by atoms with van der Waals surface area (Å²) in [5, 5.41) is 3.82. The molecule has 0 aliphatic carbocycles. The molecule has 1 heterocycles. The lowest BCUT2D eigenvalue weighted by Crippen LogP contribution is -2.09. The minimum Gasteiger partial charge on any atom is -0.493 e. The highest BCUT2D eigenvalue weighted by molar-refractivity contribution is 6.05. The number of anilines is 1. The minimum atomic E-state index is -0.306. The monoisotopic (exact) mass is 487 g/mol. The number of nitrogens with one attached hydrogen (secondary N) is 1. The van der Waals surface area contributed by atoms with Crippen LogP contribution >= 0.6 is 0 Å². The molecule has 7 nitrogen and oxygen atoms in total. The van der Waals surface area contributed by atoms with E-state index in [1.165, 1.54) is 27.4 Å². The summed E-state index contributed by atoms with van der Waals surface area (Å²) >= 11 is 0. The van der Waals surface area contributed by atoms with E-state index in [1.54, 1.807) is 18.4 Å². The summed E-state index contributed by atoms with van der Waals surface area (Å²) < 4.78 is 27.8. The van der Waals surface area contributed by atoms with Gasteiger partial charge in [0.25, 0.3) is 0 Å². The van der Waals surface area contributed by atoms with Gasteiger partial charge >= 0.3 is 0 Å². The second kappa shape index (κ2) is 10.9. The van der Waals surface area contributed by atoms with Crippen LogP contribution in [0.3, 0.4) is 0 Å². The van der Waals surface area contributed by atoms with Crippen LogP contribution in [0.25, 0.3) is 27.7 Å². The van der Waals surface area contributed by atoms with E-state index in [-0.39, 0.29) is 5.91 Å². The van der Waals surface area contributed by atoms with Gasteiger partial charge in [-0.3, -0.25) is 4.79 Å². The van der Waals surface area contributed by atoms with Gasteiger partial charge in [0.05, 0.1) is 34.2 Å². The number of hydrogen-bond acceptors (Lipinski definition) is 6. The van der Waals surface area contributed by atoms with Gasteiger partial charge in [0.15, 0.2) is 11.5 Å². The Balaban J connectivity index is 1.69. The molecule has 186 valence electrons. The van der Waals surface area contributed by atoms with E-state index in [1.807, 2.05) is 56.3 Å². The van der Waals surface area contributed by atoms with Gasteiger partial charge in [0.2, 0.25) is 11.7 Å². The highest BCUT2D eigenvalue weighted by atomic mass is 16.5. The van der Waals surface area contributed by atoms with E-state index < -0.39 is 0 Å². The Morgan fingerprint density at radius 3 is 2.25 bits per heavy atom. The molecule has 0 unspecified atom stereocenters. The summed E-state index contributed by atoms with van der Waals surface area (Å²) in [6.07, 6.45) is 3.28. The van der Waals surface area contributed by atoms with Crippen molar-refractivity contribution >= 4 is 28.1 Å². The number of carbonyl (C=O) groups is 1. The molecular weight excluding hydrogens is 458 g/mol. The number of ether oxygens (including phenoxy) is 4. The number of rotatable bonds is 9. The molecule has 1 N–H and O–H groups in total. The average Bonchev–Trinajstić information content (AvgIpc) is 3.31. The second-order valence-electron chi connectivity index (χ2n) is 8.02. The highest BCUT2D eigenvalue weighted by Crippen LogP contribution is 2.40. The maximum absolute atomic E-state index is 13.0. The number of benzene rings is 3. The van der Waals surface area contributed by atoms with Gasteiger partial charge in [-0.15, -0.1) is 0 Å². The van der Waals surface area contributed by atoms with Crippen LogP contribution in [-0.2, 0) is 4.79 Å². The molecule has 0 saturated heterocycles. The van der Waals surface area contributed by atoms with Crippen LogP contribution in [0.15, 0.2) is 71.4 Å². The van der Waals surface area contributed by atoms with Gasteiger partial charge < -0.3 is 28.7 Å². The fourth-order valence-corrected chi connectivity index (χ4v) is 4.09. The van der Waals surface area contributed by atoms with Gasteiger partial charge in [-0.05, 0) is 31.1 Å². The Morgan fingerprint density at radius 1 is 0.944 bits per heavy atom. The lowest BCUT2D eigenvalue weighted by atomic mass is 9.99. The van der Waals surface area contributed by atoms with Crippen molar-refractivity contribution in [1.82, 2.24) is 0 Å². The standard InChI is InChI=1S/C29H29NO6/c1-6-35-24-16-25-22(23(17-36-25)19-10-8-7-9-11-19)15-21(24)18(2)12-28(31)30-20-13-26(32-3)29(34-5)27(14-20)33-4/h7-17H,6H2,1-5H3,(H,30,31)/b18-12+. The third kappa shape index (κ3) is 5.00. The predicted octanol–water partition coefficient (Wildman–Crippen LogP) is 6.57. The summed E-state index contributed by atoms with van der Waals surface area (Å²) in [5.74, 6) is 1.69. The second-order valence-corrected chi connectivity index (χ2v) is 8.02. The normalized spacial score (nSPS) is 11.3.